The van der Waals surface area contributed by atoms with E-state index in [1.54, 1.807) is 0 Å². The highest BCUT2D eigenvalue weighted by Crippen LogP contribution is 2.35. The van der Waals surface area contributed by atoms with Gasteiger partial charge in [0.15, 0.2) is 41.6 Å². The molecule has 254 valence electrons. The van der Waals surface area contributed by atoms with Crippen molar-refractivity contribution < 1.29 is 16.8 Å². The highest BCUT2D eigenvalue weighted by molar-refractivity contribution is 6.85. The summed E-state index contributed by atoms with van der Waals surface area (Å²) in [6.07, 6.45) is 12.2. The van der Waals surface area contributed by atoms with Gasteiger partial charge in [-0.05, 0) is 129 Å². The van der Waals surface area contributed by atoms with E-state index < -0.39 is 50.1 Å². The summed E-state index contributed by atoms with van der Waals surface area (Å²) < 4.78 is 28.1. The minimum atomic E-state index is -2.29. The Labute approximate surface area is 272 Å². The second-order valence-corrected chi connectivity index (χ2v) is 42.6. The van der Waals surface area contributed by atoms with Crippen LogP contribution in [0.5, 0.6) is 0 Å². The third kappa shape index (κ3) is 21.0. The monoisotopic (exact) mass is 694 g/mol. The molecule has 10 heteroatoms. The molecule has 0 rings (SSSR count). The molecular formula is C32H78O4Si6. The van der Waals surface area contributed by atoms with Gasteiger partial charge in [-0.1, -0.05) is 72.1 Å². The lowest BCUT2D eigenvalue weighted by Gasteiger charge is -2.42. The van der Waals surface area contributed by atoms with Gasteiger partial charge in [0.05, 0.1) is 5.60 Å². The molecule has 0 saturated carbocycles. The second kappa shape index (κ2) is 18.5. The summed E-state index contributed by atoms with van der Waals surface area (Å²) in [6.45, 7) is 38.2. The van der Waals surface area contributed by atoms with E-state index in [4.69, 9.17) is 16.8 Å². The van der Waals surface area contributed by atoms with E-state index in [1.165, 1.54) is 81.6 Å². The summed E-state index contributed by atoms with van der Waals surface area (Å²) in [7, 11) is -10.6. The zero-order valence-corrected chi connectivity index (χ0v) is 37.7. The minimum absolute atomic E-state index is 0.149. The summed E-state index contributed by atoms with van der Waals surface area (Å²) in [4.78, 5) is 0. The molecule has 0 heterocycles. The number of hydrogen-bond donors (Lipinski definition) is 0. The van der Waals surface area contributed by atoms with Gasteiger partial charge in [-0.25, -0.2) is 0 Å². The van der Waals surface area contributed by atoms with Gasteiger partial charge in [-0.3, -0.25) is 0 Å². The Kier molecular flexibility index (Phi) is 19.0. The average Bonchev–Trinajstić information content (AvgIpc) is 2.77. The summed E-state index contributed by atoms with van der Waals surface area (Å²) in [5, 5.41) is 0. The maximum atomic E-state index is 7.20. The summed E-state index contributed by atoms with van der Waals surface area (Å²) >= 11 is 0. The van der Waals surface area contributed by atoms with Crippen molar-refractivity contribution in [3.05, 3.63) is 0 Å². The molecular weight excluding hydrogens is 617 g/mol. The average molecular weight is 695 g/mol. The zero-order valence-electron chi connectivity index (χ0n) is 31.7. The Morgan fingerprint density at radius 3 is 0.952 bits per heavy atom. The smallest absolute Gasteiger partial charge is 0.321 e. The van der Waals surface area contributed by atoms with E-state index in [0.29, 0.717) is 0 Å². The van der Waals surface area contributed by atoms with Gasteiger partial charge in [0.25, 0.3) is 0 Å². The quantitative estimate of drug-likeness (QED) is 0.0891. The van der Waals surface area contributed by atoms with Crippen LogP contribution >= 0.6 is 0 Å². The fraction of sp³-hybridized carbons (Fsp3) is 1.00. The van der Waals surface area contributed by atoms with Crippen molar-refractivity contribution in [1.82, 2.24) is 0 Å². The van der Waals surface area contributed by atoms with E-state index in [-0.39, 0.29) is 5.60 Å². The van der Waals surface area contributed by atoms with Gasteiger partial charge in [0.1, 0.15) is 0 Å². The van der Waals surface area contributed by atoms with Gasteiger partial charge in [-0.15, -0.1) is 0 Å². The molecule has 0 bridgehead atoms. The van der Waals surface area contributed by atoms with Crippen LogP contribution in [0.15, 0.2) is 0 Å². The normalized spacial score (nSPS) is 14.6. The molecule has 0 atom stereocenters. The third-order valence-corrected chi connectivity index (χ3v) is 30.3. The molecule has 0 amide bonds. The maximum absolute atomic E-state index is 7.20. The van der Waals surface area contributed by atoms with Crippen molar-refractivity contribution in [2.45, 2.75) is 206 Å². The van der Waals surface area contributed by atoms with Crippen molar-refractivity contribution >= 4 is 50.1 Å². The molecule has 0 aliphatic rings. The van der Waals surface area contributed by atoms with Crippen molar-refractivity contribution in [3.63, 3.8) is 0 Å². The number of rotatable bonds is 25. The fourth-order valence-electron chi connectivity index (χ4n) is 6.84. The SMILES string of the molecule is CCCC[Si](C)(C)O[Si](C)(C)CCCC(C)(CCC[Si](C)(C)O[Si](C)(C)CCCC)O[Si](C)(C)O[Si](C)(C)CCCC. The Bertz CT molecular complexity index is 701. The topological polar surface area (TPSA) is 36.9 Å². The van der Waals surface area contributed by atoms with Crippen molar-refractivity contribution in [1.29, 1.82) is 0 Å². The first-order chi connectivity index (χ1) is 18.9. The molecule has 0 N–H and O–H groups in total. The lowest BCUT2D eigenvalue weighted by Crippen LogP contribution is -2.51. The summed E-state index contributed by atoms with van der Waals surface area (Å²) in [5.74, 6) is 0. The molecule has 0 radical (unpaired) electrons. The molecule has 0 fully saturated rings. The largest absolute Gasteiger partial charge is 0.455 e. The standard InChI is InChI=1S/C32H78O4Si6/c1-17-20-27-37(5,6)34-39(9,10)30-23-25-32(4,33-42(15,16)36-41(13,14)29-22-19-3)26-24-31-40(11,12)35-38(7,8)28-21-18-2/h17-31H2,1-16H3. The third-order valence-electron chi connectivity index (χ3n) is 8.49. The van der Waals surface area contributed by atoms with Gasteiger partial charge >= 0.3 is 8.56 Å². The molecule has 0 aliphatic heterocycles. The van der Waals surface area contributed by atoms with E-state index in [2.05, 4.69) is 106 Å². The van der Waals surface area contributed by atoms with Crippen LogP contribution in [-0.4, -0.2) is 55.7 Å². The summed E-state index contributed by atoms with van der Waals surface area (Å²) in [5.41, 5.74) is -0.149. The van der Waals surface area contributed by atoms with E-state index in [9.17, 15) is 0 Å². The van der Waals surface area contributed by atoms with E-state index >= 15 is 0 Å². The van der Waals surface area contributed by atoms with Crippen LogP contribution in [0.25, 0.3) is 0 Å². The molecule has 0 aliphatic carbocycles. The van der Waals surface area contributed by atoms with Crippen LogP contribution in [0.3, 0.4) is 0 Å². The van der Waals surface area contributed by atoms with Crippen molar-refractivity contribution in [2.75, 3.05) is 0 Å². The van der Waals surface area contributed by atoms with E-state index in [1.807, 2.05) is 0 Å². The van der Waals surface area contributed by atoms with Crippen LogP contribution < -0.4 is 0 Å². The molecule has 42 heavy (non-hydrogen) atoms. The van der Waals surface area contributed by atoms with Gasteiger partial charge in [0.2, 0.25) is 0 Å². The highest BCUT2D eigenvalue weighted by atomic mass is 28.4. The molecule has 4 nitrogen and oxygen atoms in total. The first kappa shape index (κ1) is 43.1. The molecule has 0 unspecified atom stereocenters. The number of hydrogen-bond acceptors (Lipinski definition) is 4. The minimum Gasteiger partial charge on any atom is -0.455 e. The second-order valence-electron chi connectivity index (χ2n) is 17.1. The van der Waals surface area contributed by atoms with Crippen LogP contribution in [0, 0.1) is 0 Å². The summed E-state index contributed by atoms with van der Waals surface area (Å²) in [6, 6.07) is 6.23. The van der Waals surface area contributed by atoms with Crippen LogP contribution in [0.2, 0.25) is 109 Å². The predicted molar refractivity (Wildman–Crippen MR) is 205 cm³/mol. The molecule has 0 aromatic rings. The lowest BCUT2D eigenvalue weighted by molar-refractivity contribution is 0.0382. The van der Waals surface area contributed by atoms with E-state index in [0.717, 1.165) is 12.8 Å². The predicted octanol–water partition coefficient (Wildman–Crippen LogP) is 12.5. The number of unbranched alkanes of at least 4 members (excludes halogenated alkanes) is 3. The van der Waals surface area contributed by atoms with Crippen molar-refractivity contribution in [2.24, 2.45) is 0 Å². The van der Waals surface area contributed by atoms with Crippen LogP contribution in [-0.2, 0) is 16.8 Å². The zero-order chi connectivity index (χ0) is 32.9. The highest BCUT2D eigenvalue weighted by Gasteiger charge is 2.41. The first-order valence-corrected chi connectivity index (χ1v) is 36.1. The van der Waals surface area contributed by atoms with Crippen molar-refractivity contribution in [3.8, 4) is 0 Å². The molecule has 0 aromatic heterocycles. The molecule has 0 saturated heterocycles. The van der Waals surface area contributed by atoms with Gasteiger partial charge in [0, 0.05) is 0 Å². The van der Waals surface area contributed by atoms with Gasteiger partial charge in [-0.2, -0.15) is 0 Å². The molecule has 0 aromatic carbocycles. The van der Waals surface area contributed by atoms with Crippen LogP contribution in [0.1, 0.15) is 91.9 Å². The molecule has 0 spiro atoms. The van der Waals surface area contributed by atoms with Gasteiger partial charge < -0.3 is 16.8 Å². The maximum Gasteiger partial charge on any atom is 0.321 e. The lowest BCUT2D eigenvalue weighted by atomic mass is 9.95. The first-order valence-electron chi connectivity index (χ1n) is 17.7. The Hall–Kier alpha value is 1.14. The Balaban J connectivity index is 5.57. The fourth-order valence-corrected chi connectivity index (χ4v) is 33.4. The Morgan fingerprint density at radius 1 is 0.405 bits per heavy atom. The van der Waals surface area contributed by atoms with Crippen LogP contribution in [0.4, 0.5) is 0 Å². The Morgan fingerprint density at radius 2 is 0.667 bits per heavy atom.